The van der Waals surface area contributed by atoms with Gasteiger partial charge >= 0.3 is 5.97 Å². The molecule has 5 aromatic rings. The summed E-state index contributed by atoms with van der Waals surface area (Å²) in [7, 11) is 1.57. The molecule has 0 saturated carbocycles. The Balaban J connectivity index is 1.54. The Bertz CT molecular complexity index is 1750. The number of fused-ring (bicyclic) bond motifs is 3. The molecule has 1 amide bonds. The third-order valence-corrected chi connectivity index (χ3v) is 7.32. The molecule has 3 heterocycles. The number of nitrogens with zero attached hydrogens (tertiary/aromatic N) is 2. The molecule has 1 aliphatic heterocycles. The lowest BCUT2D eigenvalue weighted by molar-refractivity contribution is 0.0526. The molecule has 0 fully saturated rings. The molecule has 0 aliphatic carbocycles. The van der Waals surface area contributed by atoms with E-state index in [1.807, 2.05) is 12.1 Å². The van der Waals surface area contributed by atoms with E-state index in [9.17, 15) is 14.4 Å². The highest BCUT2D eigenvalue weighted by atomic mass is 32.1. The number of carbonyl (C=O) groups is 2. The molecule has 37 heavy (non-hydrogen) atoms. The Morgan fingerprint density at radius 3 is 2.62 bits per heavy atom. The summed E-state index contributed by atoms with van der Waals surface area (Å²) in [4.78, 5) is 45.9. The van der Waals surface area contributed by atoms with Crippen LogP contribution in [0.1, 0.15) is 45.0 Å². The second-order valence-electron chi connectivity index (χ2n) is 8.42. The lowest BCUT2D eigenvalue weighted by atomic mass is 9.98. The molecule has 0 N–H and O–H groups in total. The number of esters is 1. The van der Waals surface area contributed by atoms with E-state index in [1.165, 1.54) is 16.2 Å². The van der Waals surface area contributed by atoms with Gasteiger partial charge in [-0.3, -0.25) is 14.5 Å². The first-order valence-electron chi connectivity index (χ1n) is 11.6. The van der Waals surface area contributed by atoms with Gasteiger partial charge in [-0.2, -0.15) is 0 Å². The van der Waals surface area contributed by atoms with Gasteiger partial charge in [-0.05, 0) is 55.0 Å². The Morgan fingerprint density at radius 2 is 1.86 bits per heavy atom. The molecule has 3 aromatic carbocycles. The van der Waals surface area contributed by atoms with Crippen LogP contribution in [0.4, 0.5) is 5.13 Å². The Hall–Kier alpha value is -4.50. The maximum absolute atomic E-state index is 13.8. The summed E-state index contributed by atoms with van der Waals surface area (Å²) in [5.41, 5.74) is 2.07. The van der Waals surface area contributed by atoms with Crippen molar-refractivity contribution < 1.29 is 23.5 Å². The van der Waals surface area contributed by atoms with E-state index in [2.05, 4.69) is 4.98 Å². The molecule has 1 atom stereocenters. The number of hydrogen-bond donors (Lipinski definition) is 0. The first-order valence-corrected chi connectivity index (χ1v) is 12.4. The maximum Gasteiger partial charge on any atom is 0.338 e. The molecular weight excluding hydrogens is 492 g/mol. The first kappa shape index (κ1) is 22.9. The normalized spacial score (nSPS) is 14.8. The SMILES string of the molecule is CCOC(=O)c1ccc2nc(N3C(=O)c4oc5ccccc5c(=O)c4C3c3ccc(OC)cc3)sc2c1. The van der Waals surface area contributed by atoms with Gasteiger partial charge in [-0.1, -0.05) is 35.6 Å². The Morgan fingerprint density at radius 1 is 1.08 bits per heavy atom. The number of methoxy groups -OCH3 is 1. The quantitative estimate of drug-likeness (QED) is 0.293. The van der Waals surface area contributed by atoms with Crippen LogP contribution in [0.3, 0.4) is 0 Å². The number of rotatable bonds is 5. The molecule has 6 rings (SSSR count). The highest BCUT2D eigenvalue weighted by Gasteiger charge is 2.45. The molecule has 1 unspecified atom stereocenters. The first-order chi connectivity index (χ1) is 18.0. The van der Waals surface area contributed by atoms with Crippen LogP contribution in [0.15, 0.2) is 75.9 Å². The molecule has 8 nitrogen and oxygen atoms in total. The van der Waals surface area contributed by atoms with Crippen LogP contribution < -0.4 is 15.1 Å². The van der Waals surface area contributed by atoms with Crippen molar-refractivity contribution in [3.05, 3.63) is 99.4 Å². The van der Waals surface area contributed by atoms with Crippen LogP contribution in [0, 0.1) is 0 Å². The van der Waals surface area contributed by atoms with E-state index in [-0.39, 0.29) is 23.4 Å². The number of thiazole rings is 1. The number of amides is 1. The van der Waals surface area contributed by atoms with Gasteiger partial charge in [0, 0.05) is 0 Å². The zero-order valence-electron chi connectivity index (χ0n) is 19.9. The van der Waals surface area contributed by atoms with Gasteiger partial charge in [0.05, 0.1) is 46.5 Å². The summed E-state index contributed by atoms with van der Waals surface area (Å²) in [5, 5.41) is 0.787. The summed E-state index contributed by atoms with van der Waals surface area (Å²) in [6, 6.07) is 18.4. The van der Waals surface area contributed by atoms with Crippen LogP contribution in [-0.4, -0.2) is 30.6 Å². The Kier molecular flexibility index (Phi) is 5.49. The van der Waals surface area contributed by atoms with Gasteiger partial charge < -0.3 is 13.9 Å². The van der Waals surface area contributed by atoms with E-state index in [0.717, 1.165) is 0 Å². The second kappa shape index (κ2) is 8.86. The third kappa shape index (κ3) is 3.66. The number of carbonyl (C=O) groups excluding carboxylic acids is 2. The average Bonchev–Trinajstić information content (AvgIpc) is 3.47. The van der Waals surface area contributed by atoms with Crippen molar-refractivity contribution in [3.8, 4) is 5.75 Å². The average molecular weight is 513 g/mol. The van der Waals surface area contributed by atoms with Crippen LogP contribution in [0.5, 0.6) is 5.75 Å². The standard InChI is InChI=1S/C28H20N2O6S/c1-3-35-27(33)16-10-13-19-21(14-16)37-28(29-19)30-23(15-8-11-17(34-2)12-9-15)22-24(31)18-6-4-5-7-20(18)36-25(22)26(30)32/h4-14,23H,3H2,1-2H3. The molecule has 0 spiro atoms. The van der Waals surface area contributed by atoms with Gasteiger partial charge in [0.2, 0.25) is 5.76 Å². The maximum atomic E-state index is 13.8. The van der Waals surface area contributed by atoms with Crippen LogP contribution >= 0.6 is 11.3 Å². The highest BCUT2D eigenvalue weighted by molar-refractivity contribution is 7.22. The molecule has 0 radical (unpaired) electrons. The predicted molar refractivity (Wildman–Crippen MR) is 140 cm³/mol. The number of hydrogen-bond acceptors (Lipinski definition) is 8. The van der Waals surface area contributed by atoms with Crippen molar-refractivity contribution in [1.82, 2.24) is 4.98 Å². The van der Waals surface area contributed by atoms with E-state index >= 15 is 0 Å². The molecule has 0 bridgehead atoms. The highest BCUT2D eigenvalue weighted by Crippen LogP contribution is 2.44. The molecule has 2 aromatic heterocycles. The third-order valence-electron chi connectivity index (χ3n) is 6.30. The predicted octanol–water partition coefficient (Wildman–Crippen LogP) is 5.34. The van der Waals surface area contributed by atoms with Crippen molar-refractivity contribution in [2.45, 2.75) is 13.0 Å². The smallest absolute Gasteiger partial charge is 0.338 e. The topological polar surface area (TPSA) is 98.9 Å². The van der Waals surface area contributed by atoms with E-state index in [4.69, 9.17) is 13.9 Å². The number of ether oxygens (including phenoxy) is 2. The van der Waals surface area contributed by atoms with Crippen molar-refractivity contribution >= 4 is 49.5 Å². The number of benzene rings is 3. The lowest BCUT2D eigenvalue weighted by Crippen LogP contribution is -2.29. The van der Waals surface area contributed by atoms with Gasteiger partial charge in [0.15, 0.2) is 10.6 Å². The molecule has 0 saturated heterocycles. The zero-order chi connectivity index (χ0) is 25.7. The van der Waals surface area contributed by atoms with E-state index in [0.29, 0.717) is 43.2 Å². The van der Waals surface area contributed by atoms with Gasteiger partial charge in [0.1, 0.15) is 11.3 Å². The molecular formula is C28H20N2O6S. The summed E-state index contributed by atoms with van der Waals surface area (Å²) in [6.45, 7) is 2.01. The fourth-order valence-electron chi connectivity index (χ4n) is 4.58. The fourth-order valence-corrected chi connectivity index (χ4v) is 5.61. The van der Waals surface area contributed by atoms with E-state index in [1.54, 1.807) is 68.6 Å². The minimum atomic E-state index is -0.751. The van der Waals surface area contributed by atoms with Crippen molar-refractivity contribution in [2.75, 3.05) is 18.6 Å². The lowest BCUT2D eigenvalue weighted by Gasteiger charge is -2.22. The van der Waals surface area contributed by atoms with Gasteiger partial charge in [-0.25, -0.2) is 9.78 Å². The second-order valence-corrected chi connectivity index (χ2v) is 9.43. The van der Waals surface area contributed by atoms with Crippen molar-refractivity contribution in [3.63, 3.8) is 0 Å². The molecule has 184 valence electrons. The zero-order valence-corrected chi connectivity index (χ0v) is 20.7. The summed E-state index contributed by atoms with van der Waals surface area (Å²) in [6.07, 6.45) is 0. The molecule has 1 aliphatic rings. The fraction of sp³-hybridized carbons (Fsp3) is 0.143. The summed E-state index contributed by atoms with van der Waals surface area (Å²) in [5.74, 6) is -0.238. The van der Waals surface area contributed by atoms with Crippen LogP contribution in [0.25, 0.3) is 21.2 Å². The van der Waals surface area contributed by atoms with Gasteiger partial charge in [-0.15, -0.1) is 0 Å². The number of anilines is 1. The minimum Gasteiger partial charge on any atom is -0.497 e. The molecule has 9 heteroatoms. The van der Waals surface area contributed by atoms with E-state index < -0.39 is 17.9 Å². The monoisotopic (exact) mass is 512 g/mol. The minimum absolute atomic E-state index is 0.00372. The van der Waals surface area contributed by atoms with Crippen LogP contribution in [0.2, 0.25) is 0 Å². The largest absolute Gasteiger partial charge is 0.497 e. The Labute approximate surface area is 214 Å². The van der Waals surface area contributed by atoms with Crippen LogP contribution in [-0.2, 0) is 4.74 Å². The van der Waals surface area contributed by atoms with Gasteiger partial charge in [0.25, 0.3) is 5.91 Å². The number of para-hydroxylation sites is 1. The van der Waals surface area contributed by atoms with Crippen molar-refractivity contribution in [1.29, 1.82) is 0 Å². The number of aromatic nitrogens is 1. The summed E-state index contributed by atoms with van der Waals surface area (Å²) >= 11 is 1.25. The van der Waals surface area contributed by atoms with Crippen molar-refractivity contribution in [2.24, 2.45) is 0 Å². The summed E-state index contributed by atoms with van der Waals surface area (Å²) < 4.78 is 17.1.